The minimum absolute atomic E-state index is 0.0406. The molecule has 10 heteroatoms. The number of alkyl halides is 4. The van der Waals surface area contributed by atoms with Gasteiger partial charge in [-0.2, -0.15) is 13.2 Å². The van der Waals surface area contributed by atoms with Crippen LogP contribution in [0.3, 0.4) is 0 Å². The van der Waals surface area contributed by atoms with Gasteiger partial charge in [-0.15, -0.1) is 11.6 Å². The Morgan fingerprint density at radius 2 is 2.03 bits per heavy atom. The first kappa shape index (κ1) is 23.5. The van der Waals surface area contributed by atoms with Crippen LogP contribution in [0.1, 0.15) is 31.0 Å². The number of carbonyl (C=O) groups is 2. The van der Waals surface area contributed by atoms with Gasteiger partial charge < -0.3 is 14.0 Å². The topological polar surface area (TPSA) is 70.4 Å². The number of benzene rings is 1. The van der Waals surface area contributed by atoms with E-state index in [-0.39, 0.29) is 17.9 Å². The molecule has 1 heterocycles. The number of aromatic nitrogens is 2. The molecule has 0 unspecified atom stereocenters. The largest absolute Gasteiger partial charge is 0.495 e. The second kappa shape index (κ2) is 10.3. The van der Waals surface area contributed by atoms with Crippen LogP contribution in [0.5, 0.6) is 5.75 Å². The van der Waals surface area contributed by atoms with Gasteiger partial charge in [0.2, 0.25) is 0 Å². The fourth-order valence-corrected chi connectivity index (χ4v) is 2.71. The number of methoxy groups -OCH3 is 1. The summed E-state index contributed by atoms with van der Waals surface area (Å²) in [6.07, 6.45) is 0.679. The number of nitrogens with zero attached hydrogens (tertiary/aromatic N) is 2. The third-order valence-corrected chi connectivity index (χ3v) is 4.35. The van der Waals surface area contributed by atoms with E-state index >= 15 is 0 Å². The molecule has 2 rings (SSSR count). The van der Waals surface area contributed by atoms with E-state index < -0.39 is 18.1 Å². The molecule has 0 fully saturated rings. The molecule has 0 aliphatic heterocycles. The zero-order valence-corrected chi connectivity index (χ0v) is 17.1. The summed E-state index contributed by atoms with van der Waals surface area (Å²) in [4.78, 5) is 27.3. The first-order valence-corrected chi connectivity index (χ1v) is 9.54. The number of hydrogen-bond acceptors (Lipinski definition) is 5. The van der Waals surface area contributed by atoms with Gasteiger partial charge in [-0.1, -0.05) is 13.0 Å². The van der Waals surface area contributed by atoms with Crippen molar-refractivity contribution in [1.82, 2.24) is 9.55 Å². The van der Waals surface area contributed by atoms with Crippen LogP contribution < -0.4 is 4.74 Å². The maximum Gasteiger partial charge on any atom is 0.491 e. The van der Waals surface area contributed by atoms with E-state index in [1.54, 1.807) is 29.1 Å². The van der Waals surface area contributed by atoms with Crippen LogP contribution in [0, 0.1) is 0 Å². The van der Waals surface area contributed by atoms with Gasteiger partial charge in [0, 0.05) is 17.6 Å². The van der Waals surface area contributed by atoms with Gasteiger partial charge >= 0.3 is 18.1 Å². The SMILES string of the molecule is CCc1cn(-c2ccc(/C=C(\CCCCl)C(=O)OC(=O)C(F)(F)F)cc2OC)cn1. The zero-order chi connectivity index (χ0) is 22.3. The highest BCUT2D eigenvalue weighted by Gasteiger charge is 2.42. The molecule has 0 bridgehead atoms. The Balaban J connectivity index is 2.34. The van der Waals surface area contributed by atoms with Crippen molar-refractivity contribution in [1.29, 1.82) is 0 Å². The Morgan fingerprint density at radius 1 is 1.30 bits per heavy atom. The molecule has 0 radical (unpaired) electrons. The van der Waals surface area contributed by atoms with Crippen molar-refractivity contribution in [2.45, 2.75) is 32.4 Å². The molecule has 0 spiro atoms. The van der Waals surface area contributed by atoms with Gasteiger partial charge in [0.05, 0.1) is 24.8 Å². The van der Waals surface area contributed by atoms with Crippen LogP contribution in [-0.4, -0.2) is 40.7 Å². The number of aryl methyl sites for hydroxylation is 1. The maximum absolute atomic E-state index is 12.4. The summed E-state index contributed by atoms with van der Waals surface area (Å²) >= 11 is 5.63. The second-order valence-corrected chi connectivity index (χ2v) is 6.57. The summed E-state index contributed by atoms with van der Waals surface area (Å²) in [6, 6.07) is 4.99. The Kier molecular flexibility index (Phi) is 8.05. The monoisotopic (exact) mass is 444 g/mol. The van der Waals surface area contributed by atoms with Crippen molar-refractivity contribution in [2.75, 3.05) is 13.0 Å². The van der Waals surface area contributed by atoms with Gasteiger partial charge in [-0.25, -0.2) is 14.6 Å². The number of hydrogen-bond donors (Lipinski definition) is 0. The number of esters is 2. The molecular weight excluding hydrogens is 425 g/mol. The lowest BCUT2D eigenvalue weighted by molar-refractivity contribution is -0.200. The van der Waals surface area contributed by atoms with Crippen molar-refractivity contribution in [2.24, 2.45) is 0 Å². The van der Waals surface area contributed by atoms with Crippen LogP contribution >= 0.6 is 11.6 Å². The Hall–Kier alpha value is -2.81. The van der Waals surface area contributed by atoms with Crippen molar-refractivity contribution in [3.05, 3.63) is 47.6 Å². The fourth-order valence-electron chi connectivity index (χ4n) is 2.57. The first-order valence-electron chi connectivity index (χ1n) is 9.00. The van der Waals surface area contributed by atoms with Gasteiger partial charge in [0.1, 0.15) is 5.75 Å². The number of imidazole rings is 1. The number of ether oxygens (including phenoxy) is 2. The maximum atomic E-state index is 12.4. The molecule has 0 atom stereocenters. The summed E-state index contributed by atoms with van der Waals surface area (Å²) in [6.45, 7) is 1.97. The van der Waals surface area contributed by atoms with Crippen molar-refractivity contribution < 1.29 is 32.2 Å². The Bertz CT molecular complexity index is 938. The van der Waals surface area contributed by atoms with Crippen LogP contribution in [0.25, 0.3) is 11.8 Å². The number of carbonyl (C=O) groups excluding carboxylic acids is 2. The number of halogens is 4. The smallest absolute Gasteiger partial charge is 0.491 e. The lowest BCUT2D eigenvalue weighted by atomic mass is 10.1. The second-order valence-electron chi connectivity index (χ2n) is 6.19. The Labute approximate surface area is 176 Å². The van der Waals surface area contributed by atoms with Gasteiger partial charge in [0.25, 0.3) is 0 Å². The quantitative estimate of drug-likeness (QED) is 0.260. The molecule has 0 saturated carbocycles. The molecule has 0 N–H and O–H groups in total. The van der Waals surface area contributed by atoms with Crippen molar-refractivity contribution in [3.63, 3.8) is 0 Å². The van der Waals surface area contributed by atoms with Crippen LogP contribution in [0.2, 0.25) is 0 Å². The van der Waals surface area contributed by atoms with E-state index in [1.165, 1.54) is 13.2 Å². The summed E-state index contributed by atoms with van der Waals surface area (Å²) in [5.41, 5.74) is 1.95. The van der Waals surface area contributed by atoms with E-state index in [2.05, 4.69) is 9.72 Å². The minimum Gasteiger partial charge on any atom is -0.495 e. The van der Waals surface area contributed by atoms with Crippen LogP contribution in [-0.2, 0) is 20.7 Å². The van der Waals surface area contributed by atoms with Gasteiger partial charge in [0.15, 0.2) is 0 Å². The Morgan fingerprint density at radius 3 is 2.60 bits per heavy atom. The third kappa shape index (κ3) is 6.09. The summed E-state index contributed by atoms with van der Waals surface area (Å²) < 4.78 is 48.3. The first-order chi connectivity index (χ1) is 14.2. The molecule has 0 saturated heterocycles. The lowest BCUT2D eigenvalue weighted by Crippen LogP contribution is -2.28. The molecule has 1 aromatic carbocycles. The summed E-state index contributed by atoms with van der Waals surface area (Å²) in [7, 11) is 1.47. The molecule has 30 heavy (non-hydrogen) atoms. The zero-order valence-electron chi connectivity index (χ0n) is 16.3. The van der Waals surface area contributed by atoms with Crippen LogP contribution in [0.15, 0.2) is 36.3 Å². The van der Waals surface area contributed by atoms with Crippen molar-refractivity contribution in [3.8, 4) is 11.4 Å². The van der Waals surface area contributed by atoms with Crippen molar-refractivity contribution >= 4 is 29.6 Å². The average molecular weight is 445 g/mol. The summed E-state index contributed by atoms with van der Waals surface area (Å²) in [5, 5.41) is 0. The average Bonchev–Trinajstić information content (AvgIpc) is 3.19. The minimum atomic E-state index is -5.26. The predicted octanol–water partition coefficient (Wildman–Crippen LogP) is 4.48. The van der Waals surface area contributed by atoms with Crippen LogP contribution in [0.4, 0.5) is 13.2 Å². The highest BCUT2D eigenvalue weighted by Crippen LogP contribution is 2.27. The molecule has 2 aromatic rings. The highest BCUT2D eigenvalue weighted by molar-refractivity contribution is 6.17. The van der Waals surface area contributed by atoms with Gasteiger partial charge in [-0.3, -0.25) is 0 Å². The highest BCUT2D eigenvalue weighted by atomic mass is 35.5. The standard InChI is InChI=1S/C20H20ClF3N2O4/c1-3-15-11-26(12-25-15)16-7-6-13(10-17(16)29-2)9-14(5-4-8-21)18(27)30-19(28)20(22,23)24/h6-7,9-12H,3-5,8H2,1-2H3/b14-9+. The molecule has 0 aliphatic carbocycles. The van der Waals surface area contributed by atoms with E-state index in [1.807, 2.05) is 13.1 Å². The van der Waals surface area contributed by atoms with Gasteiger partial charge in [-0.05, 0) is 43.0 Å². The van der Waals surface area contributed by atoms with E-state index in [9.17, 15) is 22.8 Å². The predicted molar refractivity (Wildman–Crippen MR) is 105 cm³/mol. The van der Waals surface area contributed by atoms with E-state index in [4.69, 9.17) is 16.3 Å². The van der Waals surface area contributed by atoms with E-state index in [0.29, 0.717) is 23.4 Å². The normalized spacial score (nSPS) is 12.0. The molecule has 1 aromatic heterocycles. The lowest BCUT2D eigenvalue weighted by Gasteiger charge is -2.11. The summed E-state index contributed by atoms with van der Waals surface area (Å²) in [5.74, 6) is -3.29. The molecular formula is C20H20ClF3N2O4. The number of rotatable bonds is 8. The fraction of sp³-hybridized carbons (Fsp3) is 0.350. The molecule has 6 nitrogen and oxygen atoms in total. The molecule has 0 aliphatic rings. The molecule has 162 valence electrons. The molecule has 0 amide bonds. The van der Waals surface area contributed by atoms with E-state index in [0.717, 1.165) is 12.1 Å². The third-order valence-electron chi connectivity index (χ3n) is 4.08.